The molecule has 1 aromatic carbocycles. The molecule has 1 aromatic heterocycles. The molecule has 148 valence electrons. The van der Waals surface area contributed by atoms with Crippen LogP contribution in [0, 0.1) is 0 Å². The number of carbonyl (C=O) groups excluding carboxylic acids is 2. The molecule has 0 bridgehead atoms. The van der Waals surface area contributed by atoms with E-state index in [-0.39, 0.29) is 11.8 Å². The molecular weight excluding hydrogens is 352 g/mol. The number of piperazine rings is 1. The maximum atomic E-state index is 12.8. The summed E-state index contributed by atoms with van der Waals surface area (Å²) in [5.74, 6) is 0.874. The molecule has 0 unspecified atom stereocenters. The standard InChI is InChI=1S/C22H28N4O2/c1-2-3-5-13-24-21(27)18-8-10-19(11-9-18)22(28)26-16-14-25(15-17-26)20-7-4-6-12-23-20/h4,6-12H,2-3,5,13-17H2,1H3,(H,24,27). The van der Waals surface area contributed by atoms with E-state index in [9.17, 15) is 9.59 Å². The number of nitrogens with zero attached hydrogens (tertiary/aromatic N) is 3. The number of hydrogen-bond acceptors (Lipinski definition) is 4. The molecule has 0 aliphatic carbocycles. The third-order valence-corrected chi connectivity index (χ3v) is 5.00. The number of aromatic nitrogens is 1. The molecule has 2 amide bonds. The quantitative estimate of drug-likeness (QED) is 0.750. The van der Waals surface area contributed by atoms with Gasteiger partial charge in [0, 0.05) is 50.0 Å². The van der Waals surface area contributed by atoms with Crippen molar-refractivity contribution in [2.45, 2.75) is 26.2 Å². The fraction of sp³-hybridized carbons (Fsp3) is 0.409. The average molecular weight is 380 g/mol. The van der Waals surface area contributed by atoms with Gasteiger partial charge < -0.3 is 15.1 Å². The molecule has 6 nitrogen and oxygen atoms in total. The lowest BCUT2D eigenvalue weighted by Crippen LogP contribution is -2.49. The zero-order chi connectivity index (χ0) is 19.8. The lowest BCUT2D eigenvalue weighted by molar-refractivity contribution is 0.0746. The molecule has 1 saturated heterocycles. The second-order valence-electron chi connectivity index (χ2n) is 7.01. The average Bonchev–Trinajstić information content (AvgIpc) is 2.77. The number of nitrogens with one attached hydrogen (secondary N) is 1. The van der Waals surface area contributed by atoms with Gasteiger partial charge in [-0.3, -0.25) is 9.59 Å². The molecular formula is C22H28N4O2. The first-order valence-electron chi connectivity index (χ1n) is 10.0. The van der Waals surface area contributed by atoms with Crippen LogP contribution in [0.1, 0.15) is 46.9 Å². The summed E-state index contributed by atoms with van der Waals surface area (Å²) >= 11 is 0. The van der Waals surface area contributed by atoms with Crippen molar-refractivity contribution in [3.8, 4) is 0 Å². The maximum absolute atomic E-state index is 12.8. The van der Waals surface area contributed by atoms with Gasteiger partial charge in [-0.2, -0.15) is 0 Å². The zero-order valence-corrected chi connectivity index (χ0v) is 16.4. The molecule has 0 saturated carbocycles. The highest BCUT2D eigenvalue weighted by molar-refractivity contribution is 5.97. The predicted molar refractivity (Wildman–Crippen MR) is 111 cm³/mol. The molecule has 1 N–H and O–H groups in total. The summed E-state index contributed by atoms with van der Waals surface area (Å²) in [6.45, 7) is 5.68. The van der Waals surface area contributed by atoms with E-state index >= 15 is 0 Å². The van der Waals surface area contributed by atoms with Crippen LogP contribution >= 0.6 is 0 Å². The Bertz CT molecular complexity index is 769. The second-order valence-corrected chi connectivity index (χ2v) is 7.01. The lowest BCUT2D eigenvalue weighted by Gasteiger charge is -2.35. The maximum Gasteiger partial charge on any atom is 0.253 e. The number of unbranched alkanes of at least 4 members (excludes halogenated alkanes) is 2. The molecule has 3 rings (SSSR count). The van der Waals surface area contributed by atoms with Crippen LogP contribution in [-0.2, 0) is 0 Å². The Morgan fingerprint density at radius 2 is 1.68 bits per heavy atom. The molecule has 1 aliphatic heterocycles. The molecule has 2 heterocycles. The van der Waals surface area contributed by atoms with Crippen molar-refractivity contribution in [3.63, 3.8) is 0 Å². The van der Waals surface area contributed by atoms with Crippen molar-refractivity contribution >= 4 is 17.6 Å². The Labute approximate surface area is 166 Å². The highest BCUT2D eigenvalue weighted by atomic mass is 16.2. The van der Waals surface area contributed by atoms with E-state index in [1.807, 2.05) is 23.1 Å². The summed E-state index contributed by atoms with van der Waals surface area (Å²) in [5.41, 5.74) is 1.21. The van der Waals surface area contributed by atoms with Gasteiger partial charge in [0.15, 0.2) is 0 Å². The molecule has 0 atom stereocenters. The Morgan fingerprint density at radius 1 is 0.964 bits per heavy atom. The van der Waals surface area contributed by atoms with E-state index in [2.05, 4.69) is 22.1 Å². The first kappa shape index (κ1) is 19.9. The third kappa shape index (κ3) is 5.09. The minimum atomic E-state index is -0.0842. The van der Waals surface area contributed by atoms with E-state index in [4.69, 9.17) is 0 Å². The van der Waals surface area contributed by atoms with Crippen LogP contribution in [0.4, 0.5) is 5.82 Å². The van der Waals surface area contributed by atoms with Crippen molar-refractivity contribution in [1.82, 2.24) is 15.2 Å². The number of benzene rings is 1. The van der Waals surface area contributed by atoms with Crippen molar-refractivity contribution in [1.29, 1.82) is 0 Å². The van der Waals surface area contributed by atoms with Gasteiger partial charge in [0.1, 0.15) is 5.82 Å². The third-order valence-electron chi connectivity index (χ3n) is 5.00. The second kappa shape index (κ2) is 9.88. The molecule has 1 fully saturated rings. The van der Waals surface area contributed by atoms with Crippen LogP contribution in [0.3, 0.4) is 0 Å². The van der Waals surface area contributed by atoms with Gasteiger partial charge in [-0.05, 0) is 42.8 Å². The number of carbonyl (C=O) groups is 2. The summed E-state index contributed by atoms with van der Waals surface area (Å²) in [6.07, 6.45) is 5.02. The van der Waals surface area contributed by atoms with Crippen molar-refractivity contribution < 1.29 is 9.59 Å². The topological polar surface area (TPSA) is 65.5 Å². The Hall–Kier alpha value is -2.89. The number of anilines is 1. The molecule has 6 heteroatoms. The van der Waals surface area contributed by atoms with Crippen molar-refractivity contribution in [2.24, 2.45) is 0 Å². The summed E-state index contributed by atoms with van der Waals surface area (Å²) < 4.78 is 0. The Balaban J connectivity index is 1.51. The SMILES string of the molecule is CCCCCNC(=O)c1ccc(C(=O)N2CCN(c3ccccn3)CC2)cc1. The number of amides is 2. The van der Waals surface area contributed by atoms with Crippen LogP contribution in [-0.4, -0.2) is 54.4 Å². The van der Waals surface area contributed by atoms with Gasteiger partial charge in [-0.25, -0.2) is 4.98 Å². The van der Waals surface area contributed by atoms with Crippen LogP contribution < -0.4 is 10.2 Å². The van der Waals surface area contributed by atoms with Gasteiger partial charge in [0.25, 0.3) is 11.8 Å². The minimum absolute atomic E-state index is 0.00979. The molecule has 28 heavy (non-hydrogen) atoms. The molecule has 2 aromatic rings. The Kier molecular flexibility index (Phi) is 7.00. The fourth-order valence-corrected chi connectivity index (χ4v) is 3.31. The normalized spacial score (nSPS) is 14.0. The zero-order valence-electron chi connectivity index (χ0n) is 16.4. The summed E-state index contributed by atoms with van der Waals surface area (Å²) in [4.78, 5) is 33.3. The van der Waals surface area contributed by atoms with E-state index < -0.39 is 0 Å². The first-order chi connectivity index (χ1) is 13.7. The highest BCUT2D eigenvalue weighted by Crippen LogP contribution is 2.15. The van der Waals surface area contributed by atoms with Gasteiger partial charge in [-0.15, -0.1) is 0 Å². The van der Waals surface area contributed by atoms with Crippen molar-refractivity contribution in [3.05, 3.63) is 59.8 Å². The summed E-state index contributed by atoms with van der Waals surface area (Å²) in [5, 5.41) is 2.92. The molecule has 1 aliphatic rings. The minimum Gasteiger partial charge on any atom is -0.353 e. The van der Waals surface area contributed by atoms with E-state index in [0.29, 0.717) is 30.8 Å². The van der Waals surface area contributed by atoms with Crippen LogP contribution in [0.15, 0.2) is 48.7 Å². The number of rotatable bonds is 7. The van der Waals surface area contributed by atoms with Gasteiger partial charge >= 0.3 is 0 Å². The first-order valence-corrected chi connectivity index (χ1v) is 10.0. The summed E-state index contributed by atoms with van der Waals surface area (Å²) in [7, 11) is 0. The number of pyridine rings is 1. The van der Waals surface area contributed by atoms with Gasteiger partial charge in [-0.1, -0.05) is 25.8 Å². The van der Waals surface area contributed by atoms with E-state index in [1.165, 1.54) is 0 Å². The fourth-order valence-electron chi connectivity index (χ4n) is 3.31. The summed E-state index contributed by atoms with van der Waals surface area (Å²) in [6, 6.07) is 12.8. The van der Waals surface area contributed by atoms with Gasteiger partial charge in [0.05, 0.1) is 0 Å². The Morgan fingerprint density at radius 3 is 2.32 bits per heavy atom. The van der Waals surface area contributed by atoms with Gasteiger partial charge in [0.2, 0.25) is 0 Å². The molecule has 0 radical (unpaired) electrons. The lowest BCUT2D eigenvalue weighted by atomic mass is 10.1. The smallest absolute Gasteiger partial charge is 0.253 e. The van der Waals surface area contributed by atoms with Crippen LogP contribution in [0.2, 0.25) is 0 Å². The largest absolute Gasteiger partial charge is 0.353 e. The molecule has 0 spiro atoms. The number of hydrogen-bond donors (Lipinski definition) is 1. The highest BCUT2D eigenvalue weighted by Gasteiger charge is 2.22. The van der Waals surface area contributed by atoms with E-state index in [0.717, 1.165) is 38.2 Å². The van der Waals surface area contributed by atoms with Crippen LogP contribution in [0.25, 0.3) is 0 Å². The monoisotopic (exact) mass is 380 g/mol. The van der Waals surface area contributed by atoms with Crippen LogP contribution in [0.5, 0.6) is 0 Å². The predicted octanol–water partition coefficient (Wildman–Crippen LogP) is 2.96. The van der Waals surface area contributed by atoms with E-state index in [1.54, 1.807) is 30.5 Å². The van der Waals surface area contributed by atoms with Crippen molar-refractivity contribution in [2.75, 3.05) is 37.6 Å².